The number of carbonyl (C=O) groups is 1. The zero-order valence-corrected chi connectivity index (χ0v) is 18.6. The molecule has 2 atom stereocenters. The average Bonchev–Trinajstić information content (AvgIpc) is 3.34. The van der Waals surface area contributed by atoms with E-state index in [1.165, 1.54) is 7.11 Å². The molecule has 0 aromatic carbocycles. The number of amides is 1. The summed E-state index contributed by atoms with van der Waals surface area (Å²) in [6, 6.07) is 7.06. The Morgan fingerprint density at radius 1 is 1.19 bits per heavy atom. The number of hydrogen-bond acceptors (Lipinski definition) is 6. The van der Waals surface area contributed by atoms with Crippen LogP contribution in [0.15, 0.2) is 36.7 Å². The number of rotatable bonds is 6. The van der Waals surface area contributed by atoms with Crippen molar-refractivity contribution < 1.29 is 19.0 Å². The van der Waals surface area contributed by atoms with Gasteiger partial charge in [-0.3, -0.25) is 4.79 Å². The third kappa shape index (κ3) is 4.14. The minimum absolute atomic E-state index is 0.0838. The molecule has 8 heteroatoms. The Morgan fingerprint density at radius 3 is 2.69 bits per heavy atom. The molecular weight excluding hydrogens is 408 g/mol. The molecule has 0 spiro atoms. The van der Waals surface area contributed by atoms with Crippen molar-refractivity contribution in [3.63, 3.8) is 0 Å². The highest BCUT2D eigenvalue weighted by molar-refractivity contribution is 6.05. The van der Waals surface area contributed by atoms with Crippen LogP contribution >= 0.6 is 0 Å². The number of pyridine rings is 2. The predicted molar refractivity (Wildman–Crippen MR) is 120 cm³/mol. The van der Waals surface area contributed by atoms with E-state index in [1.54, 1.807) is 24.4 Å². The molecular formula is C24H28N4O4. The number of aromatic nitrogens is 3. The molecule has 168 valence electrons. The lowest BCUT2D eigenvalue weighted by Gasteiger charge is -2.26. The van der Waals surface area contributed by atoms with E-state index >= 15 is 0 Å². The quantitative estimate of drug-likeness (QED) is 0.623. The summed E-state index contributed by atoms with van der Waals surface area (Å²) in [4.78, 5) is 22.3. The Morgan fingerprint density at radius 2 is 1.97 bits per heavy atom. The number of anilines is 1. The van der Waals surface area contributed by atoms with Crippen LogP contribution in [0.25, 0.3) is 5.65 Å². The van der Waals surface area contributed by atoms with E-state index in [0.717, 1.165) is 37.0 Å². The minimum atomic E-state index is -0.303. The van der Waals surface area contributed by atoms with Gasteiger partial charge in [0.2, 0.25) is 5.88 Å². The highest BCUT2D eigenvalue weighted by Crippen LogP contribution is 2.40. The first-order valence-corrected chi connectivity index (χ1v) is 11.2. The van der Waals surface area contributed by atoms with Crippen LogP contribution in [0, 0.1) is 0 Å². The van der Waals surface area contributed by atoms with Gasteiger partial charge in [-0.2, -0.15) is 4.98 Å². The summed E-state index contributed by atoms with van der Waals surface area (Å²) in [6.45, 7) is 3.87. The number of ether oxygens (including phenoxy) is 3. The van der Waals surface area contributed by atoms with E-state index in [4.69, 9.17) is 19.2 Å². The normalized spacial score (nSPS) is 22.3. The van der Waals surface area contributed by atoms with E-state index in [2.05, 4.69) is 10.3 Å². The second-order valence-electron chi connectivity index (χ2n) is 8.79. The van der Waals surface area contributed by atoms with Crippen LogP contribution in [0.3, 0.4) is 0 Å². The number of fused-ring (bicyclic) bond motifs is 3. The smallest absolute Gasteiger partial charge is 0.262 e. The standard InChI is InChI=1S/C24H28N4O4/c1-14(2)31-20-11-22-25-19(15-9-16-7-8-17(10-15)32-16)13-28(22)12-18(20)24(29)27-21-5-4-6-23(26-21)30-3/h4-6,11-17H,7-10H2,1-3H3,(H,26,27,29). The Labute approximate surface area is 186 Å². The van der Waals surface area contributed by atoms with Crippen molar-refractivity contribution in [2.45, 2.75) is 63.8 Å². The highest BCUT2D eigenvalue weighted by atomic mass is 16.5. The minimum Gasteiger partial charge on any atom is -0.490 e. The summed E-state index contributed by atoms with van der Waals surface area (Å²) < 4.78 is 19.0. The SMILES string of the molecule is COc1cccc(NC(=O)c2cn3cc(C4CC5CCC(C4)O5)nc3cc2OC(C)C)n1. The van der Waals surface area contributed by atoms with Crippen LogP contribution in [-0.2, 0) is 4.74 Å². The number of imidazole rings is 1. The fourth-order valence-electron chi connectivity index (χ4n) is 4.64. The average molecular weight is 437 g/mol. The van der Waals surface area contributed by atoms with E-state index in [9.17, 15) is 4.79 Å². The number of methoxy groups -OCH3 is 1. The van der Waals surface area contributed by atoms with Crippen molar-refractivity contribution in [2.24, 2.45) is 0 Å². The molecule has 3 aromatic rings. The van der Waals surface area contributed by atoms with Crippen molar-refractivity contribution in [2.75, 3.05) is 12.4 Å². The molecule has 5 rings (SSSR count). The van der Waals surface area contributed by atoms with Gasteiger partial charge in [-0.1, -0.05) is 6.07 Å². The van der Waals surface area contributed by atoms with Crippen molar-refractivity contribution in [3.05, 3.63) is 47.9 Å². The highest BCUT2D eigenvalue weighted by Gasteiger charge is 2.36. The molecule has 2 unspecified atom stereocenters. The molecule has 2 fully saturated rings. The van der Waals surface area contributed by atoms with Gasteiger partial charge in [0, 0.05) is 30.4 Å². The summed E-state index contributed by atoms with van der Waals surface area (Å²) >= 11 is 0. The lowest BCUT2D eigenvalue weighted by molar-refractivity contribution is -0.00434. The van der Waals surface area contributed by atoms with Crippen molar-refractivity contribution in [3.8, 4) is 11.6 Å². The van der Waals surface area contributed by atoms with Gasteiger partial charge in [-0.25, -0.2) is 4.98 Å². The number of hydrogen-bond donors (Lipinski definition) is 1. The molecule has 1 N–H and O–H groups in total. The lowest BCUT2D eigenvalue weighted by Crippen LogP contribution is -2.23. The maximum absolute atomic E-state index is 13.1. The summed E-state index contributed by atoms with van der Waals surface area (Å²) in [7, 11) is 1.54. The first-order chi connectivity index (χ1) is 15.5. The Bertz CT molecular complexity index is 1130. The van der Waals surface area contributed by atoms with Crippen LogP contribution in [0.2, 0.25) is 0 Å². The molecule has 3 aromatic heterocycles. The predicted octanol–water partition coefficient (Wildman–Crippen LogP) is 4.20. The first-order valence-electron chi connectivity index (χ1n) is 11.2. The molecule has 2 aliphatic heterocycles. The molecule has 2 aliphatic rings. The molecule has 0 radical (unpaired) electrons. The number of nitrogens with one attached hydrogen (secondary N) is 1. The van der Waals surface area contributed by atoms with Gasteiger partial charge in [0.15, 0.2) is 0 Å². The van der Waals surface area contributed by atoms with Gasteiger partial charge in [-0.15, -0.1) is 0 Å². The van der Waals surface area contributed by atoms with Gasteiger partial charge in [0.05, 0.1) is 36.7 Å². The van der Waals surface area contributed by atoms with Crippen molar-refractivity contribution in [1.29, 1.82) is 0 Å². The Balaban J connectivity index is 1.46. The van der Waals surface area contributed by atoms with Gasteiger partial charge < -0.3 is 23.9 Å². The summed E-state index contributed by atoms with van der Waals surface area (Å²) in [6.07, 6.45) is 8.72. The van der Waals surface area contributed by atoms with Gasteiger partial charge in [0.1, 0.15) is 17.2 Å². The third-order valence-corrected chi connectivity index (χ3v) is 6.06. The first kappa shape index (κ1) is 20.8. The topological polar surface area (TPSA) is 87.0 Å². The molecule has 5 heterocycles. The zero-order valence-electron chi connectivity index (χ0n) is 18.6. The fraction of sp³-hybridized carbons (Fsp3) is 0.458. The van der Waals surface area contributed by atoms with E-state index < -0.39 is 0 Å². The Kier molecular flexibility index (Phi) is 5.46. The Hall–Kier alpha value is -3.13. The fourth-order valence-corrected chi connectivity index (χ4v) is 4.64. The molecule has 1 amide bonds. The van der Waals surface area contributed by atoms with E-state index in [-0.39, 0.29) is 12.0 Å². The second-order valence-corrected chi connectivity index (χ2v) is 8.79. The van der Waals surface area contributed by atoms with Gasteiger partial charge in [-0.05, 0) is 45.6 Å². The second kappa shape index (κ2) is 8.43. The van der Waals surface area contributed by atoms with Crippen LogP contribution < -0.4 is 14.8 Å². The molecule has 0 saturated carbocycles. The van der Waals surface area contributed by atoms with E-state index in [0.29, 0.717) is 41.1 Å². The van der Waals surface area contributed by atoms with Crippen LogP contribution in [-0.4, -0.2) is 45.7 Å². The molecule has 8 nitrogen and oxygen atoms in total. The monoisotopic (exact) mass is 436 g/mol. The van der Waals surface area contributed by atoms with Crippen LogP contribution in [0.5, 0.6) is 11.6 Å². The number of carbonyl (C=O) groups excluding carboxylic acids is 1. The van der Waals surface area contributed by atoms with Gasteiger partial charge in [0.25, 0.3) is 5.91 Å². The zero-order chi connectivity index (χ0) is 22.2. The largest absolute Gasteiger partial charge is 0.490 e. The van der Waals surface area contributed by atoms with Crippen LogP contribution in [0.4, 0.5) is 5.82 Å². The summed E-state index contributed by atoms with van der Waals surface area (Å²) in [5.74, 6) is 1.42. The van der Waals surface area contributed by atoms with E-state index in [1.807, 2.05) is 30.5 Å². The third-order valence-electron chi connectivity index (χ3n) is 6.06. The maximum atomic E-state index is 13.1. The summed E-state index contributed by atoms with van der Waals surface area (Å²) in [5.41, 5.74) is 2.24. The molecule has 2 bridgehead atoms. The number of nitrogens with zero attached hydrogens (tertiary/aromatic N) is 3. The van der Waals surface area contributed by atoms with Gasteiger partial charge >= 0.3 is 0 Å². The van der Waals surface area contributed by atoms with Crippen LogP contribution in [0.1, 0.15) is 61.5 Å². The lowest BCUT2D eigenvalue weighted by atomic mass is 9.93. The molecule has 32 heavy (non-hydrogen) atoms. The molecule has 0 aliphatic carbocycles. The van der Waals surface area contributed by atoms with Crippen molar-refractivity contribution >= 4 is 17.4 Å². The molecule has 2 saturated heterocycles. The maximum Gasteiger partial charge on any atom is 0.262 e. The summed E-state index contributed by atoms with van der Waals surface area (Å²) in [5, 5.41) is 2.84. The van der Waals surface area contributed by atoms with Crippen molar-refractivity contribution in [1.82, 2.24) is 14.4 Å².